The summed E-state index contributed by atoms with van der Waals surface area (Å²) in [5.41, 5.74) is 1.41. The predicted molar refractivity (Wildman–Crippen MR) is 89.4 cm³/mol. The zero-order valence-corrected chi connectivity index (χ0v) is 13.9. The van der Waals surface area contributed by atoms with Gasteiger partial charge in [0.05, 0.1) is 16.8 Å². The highest BCUT2D eigenvalue weighted by Crippen LogP contribution is 2.16. The van der Waals surface area contributed by atoms with Crippen LogP contribution in [0.4, 0.5) is 0 Å². The summed E-state index contributed by atoms with van der Waals surface area (Å²) in [5.74, 6) is -0.331. The summed E-state index contributed by atoms with van der Waals surface area (Å²) >= 11 is 1.50. The smallest absolute Gasteiger partial charge is 0.300 e. The zero-order chi connectivity index (χ0) is 16.2. The number of benzene rings is 1. The zero-order valence-electron chi connectivity index (χ0n) is 13.1. The first kappa shape index (κ1) is 15.6. The van der Waals surface area contributed by atoms with Crippen LogP contribution in [0.5, 0.6) is 0 Å². The fraction of sp³-hybridized carbons (Fsp3) is 0.312. The molecule has 2 heterocycles. The average Bonchev–Trinajstić information content (AvgIpc) is 3.12. The van der Waals surface area contributed by atoms with E-state index in [1.807, 2.05) is 35.8 Å². The Morgan fingerprint density at radius 2 is 2.17 bits per heavy atom. The van der Waals surface area contributed by atoms with Crippen LogP contribution in [0.1, 0.15) is 17.4 Å². The van der Waals surface area contributed by atoms with Gasteiger partial charge in [-0.2, -0.15) is 10.1 Å². The Morgan fingerprint density at radius 1 is 1.35 bits per heavy atom. The molecule has 0 N–H and O–H groups in total. The van der Waals surface area contributed by atoms with Crippen LogP contribution in [0.2, 0.25) is 0 Å². The van der Waals surface area contributed by atoms with Crippen LogP contribution in [0, 0.1) is 0 Å². The summed E-state index contributed by atoms with van der Waals surface area (Å²) < 4.78 is 10.2. The largest absolute Gasteiger partial charge is 0.380 e. The second kappa shape index (κ2) is 6.89. The van der Waals surface area contributed by atoms with Crippen molar-refractivity contribution in [1.82, 2.24) is 14.3 Å². The highest BCUT2D eigenvalue weighted by molar-refractivity contribution is 7.16. The molecule has 0 fully saturated rings. The van der Waals surface area contributed by atoms with Gasteiger partial charge in [0.15, 0.2) is 10.5 Å². The van der Waals surface area contributed by atoms with Crippen LogP contribution in [0.25, 0.3) is 10.2 Å². The molecule has 2 aromatic heterocycles. The van der Waals surface area contributed by atoms with Gasteiger partial charge in [0.25, 0.3) is 5.91 Å². The van der Waals surface area contributed by atoms with Crippen LogP contribution >= 0.6 is 11.3 Å². The van der Waals surface area contributed by atoms with Crippen molar-refractivity contribution in [1.29, 1.82) is 0 Å². The lowest BCUT2D eigenvalue weighted by Crippen LogP contribution is -2.19. The molecule has 3 aromatic rings. The maximum absolute atomic E-state index is 12.3. The van der Waals surface area contributed by atoms with Crippen molar-refractivity contribution in [3.8, 4) is 0 Å². The number of aromatic nitrogens is 3. The van der Waals surface area contributed by atoms with E-state index in [2.05, 4.69) is 10.1 Å². The van der Waals surface area contributed by atoms with E-state index in [-0.39, 0.29) is 5.91 Å². The number of carbonyl (C=O) groups is 1. The van der Waals surface area contributed by atoms with Crippen LogP contribution < -0.4 is 4.80 Å². The Labute approximate surface area is 137 Å². The van der Waals surface area contributed by atoms with E-state index >= 15 is 0 Å². The summed E-state index contributed by atoms with van der Waals surface area (Å²) in [5, 5.41) is 4.11. The van der Waals surface area contributed by atoms with Gasteiger partial charge >= 0.3 is 0 Å². The van der Waals surface area contributed by atoms with E-state index in [1.165, 1.54) is 11.3 Å². The number of amides is 1. The maximum Gasteiger partial charge on any atom is 0.300 e. The molecular formula is C16H18N4O2S. The third kappa shape index (κ3) is 3.40. The third-order valence-corrected chi connectivity index (χ3v) is 4.44. The van der Waals surface area contributed by atoms with Crippen molar-refractivity contribution >= 4 is 27.5 Å². The molecule has 120 valence electrons. The number of fused-ring (bicyclic) bond motifs is 1. The number of aryl methyl sites for hydroxylation is 1. The molecule has 1 amide bonds. The molecule has 7 heteroatoms. The van der Waals surface area contributed by atoms with E-state index in [4.69, 9.17) is 4.74 Å². The summed E-state index contributed by atoms with van der Waals surface area (Å²) in [7, 11) is 1.78. The van der Waals surface area contributed by atoms with Gasteiger partial charge in [-0.1, -0.05) is 23.5 Å². The normalized spacial score (nSPS) is 12.2. The molecule has 0 saturated carbocycles. The fourth-order valence-electron chi connectivity index (χ4n) is 2.30. The van der Waals surface area contributed by atoms with Gasteiger partial charge in [-0.15, -0.1) is 0 Å². The number of rotatable bonds is 5. The van der Waals surface area contributed by atoms with E-state index in [9.17, 15) is 4.79 Å². The van der Waals surface area contributed by atoms with Gasteiger partial charge in [0.2, 0.25) is 0 Å². The highest BCUT2D eigenvalue weighted by Gasteiger charge is 2.10. The lowest BCUT2D eigenvalue weighted by molar-refractivity contribution is 0.0991. The van der Waals surface area contributed by atoms with Crippen molar-refractivity contribution < 1.29 is 9.53 Å². The summed E-state index contributed by atoms with van der Waals surface area (Å²) in [4.78, 5) is 17.2. The van der Waals surface area contributed by atoms with Gasteiger partial charge in [-0.25, -0.2) is 0 Å². The second-order valence-electron chi connectivity index (χ2n) is 4.99. The van der Waals surface area contributed by atoms with Gasteiger partial charge < -0.3 is 9.30 Å². The standard InChI is InChI=1S/C16H18N4O2S/c1-3-22-11-10-20-13-6-4-5-7-14(13)23-16(20)17-15(21)12-8-9-19(2)18-12/h4-9H,3,10-11H2,1-2H3. The number of hydrogen-bond acceptors (Lipinski definition) is 4. The average molecular weight is 330 g/mol. The molecule has 0 aliphatic heterocycles. The molecule has 0 bridgehead atoms. The topological polar surface area (TPSA) is 61.4 Å². The molecule has 0 saturated heterocycles. The molecule has 0 aliphatic carbocycles. The summed E-state index contributed by atoms with van der Waals surface area (Å²) in [6, 6.07) is 9.69. The van der Waals surface area contributed by atoms with Crippen LogP contribution in [0.15, 0.2) is 41.5 Å². The van der Waals surface area contributed by atoms with Crippen LogP contribution in [-0.2, 0) is 18.3 Å². The molecule has 0 radical (unpaired) electrons. The molecular weight excluding hydrogens is 312 g/mol. The summed E-state index contributed by atoms with van der Waals surface area (Å²) in [6.07, 6.45) is 1.73. The van der Waals surface area contributed by atoms with Gasteiger partial charge in [-0.05, 0) is 25.1 Å². The van der Waals surface area contributed by atoms with Crippen LogP contribution in [-0.4, -0.2) is 33.5 Å². The Bertz CT molecular complexity index is 891. The first-order valence-corrected chi connectivity index (χ1v) is 8.25. The summed E-state index contributed by atoms with van der Waals surface area (Å²) in [6.45, 7) is 3.88. The van der Waals surface area contributed by atoms with Crippen molar-refractivity contribution in [2.45, 2.75) is 13.5 Å². The van der Waals surface area contributed by atoms with Crippen molar-refractivity contribution in [3.05, 3.63) is 47.0 Å². The minimum Gasteiger partial charge on any atom is -0.380 e. The highest BCUT2D eigenvalue weighted by atomic mass is 32.1. The quantitative estimate of drug-likeness (QED) is 0.674. The van der Waals surface area contributed by atoms with Gasteiger partial charge in [0, 0.05) is 26.4 Å². The molecule has 3 rings (SSSR count). The Hall–Kier alpha value is -2.25. The molecule has 0 unspecified atom stereocenters. The number of ether oxygens (including phenoxy) is 1. The molecule has 0 spiro atoms. The first-order valence-electron chi connectivity index (χ1n) is 7.44. The lowest BCUT2D eigenvalue weighted by atomic mass is 10.3. The minimum absolute atomic E-state index is 0.331. The van der Waals surface area contributed by atoms with Crippen LogP contribution in [0.3, 0.4) is 0 Å². The van der Waals surface area contributed by atoms with E-state index in [0.717, 1.165) is 10.2 Å². The molecule has 1 aromatic carbocycles. The minimum atomic E-state index is -0.331. The van der Waals surface area contributed by atoms with Crippen molar-refractivity contribution in [2.75, 3.05) is 13.2 Å². The maximum atomic E-state index is 12.3. The van der Waals surface area contributed by atoms with E-state index < -0.39 is 0 Å². The number of carbonyl (C=O) groups excluding carboxylic acids is 1. The second-order valence-corrected chi connectivity index (χ2v) is 6.00. The van der Waals surface area contributed by atoms with Gasteiger partial charge in [-0.3, -0.25) is 9.48 Å². The van der Waals surface area contributed by atoms with Gasteiger partial charge in [0.1, 0.15) is 0 Å². The lowest BCUT2D eigenvalue weighted by Gasteiger charge is -2.05. The predicted octanol–water partition coefficient (Wildman–Crippen LogP) is 2.21. The number of nitrogens with zero attached hydrogens (tertiary/aromatic N) is 4. The number of para-hydroxylation sites is 1. The Morgan fingerprint density at radius 3 is 2.91 bits per heavy atom. The van der Waals surface area contributed by atoms with Crippen molar-refractivity contribution in [3.63, 3.8) is 0 Å². The number of hydrogen-bond donors (Lipinski definition) is 0. The third-order valence-electron chi connectivity index (χ3n) is 3.38. The number of thiazole rings is 1. The SMILES string of the molecule is CCOCCn1c(=NC(=O)c2ccn(C)n2)sc2ccccc21. The van der Waals surface area contributed by atoms with Crippen molar-refractivity contribution in [2.24, 2.45) is 12.0 Å². The first-order chi connectivity index (χ1) is 11.2. The monoisotopic (exact) mass is 330 g/mol. The molecule has 0 aliphatic rings. The molecule has 6 nitrogen and oxygen atoms in total. The molecule has 0 atom stereocenters. The fourth-order valence-corrected chi connectivity index (χ4v) is 3.35. The Kier molecular flexibility index (Phi) is 4.68. The Balaban J connectivity index is 2.02. The van der Waals surface area contributed by atoms with E-state index in [0.29, 0.717) is 30.3 Å². The molecule has 23 heavy (non-hydrogen) atoms. The van der Waals surface area contributed by atoms with E-state index in [1.54, 1.807) is 24.0 Å².